The maximum Gasteiger partial charge on any atom is 0.0562 e. The highest BCUT2D eigenvalue weighted by molar-refractivity contribution is 6.16. The van der Waals surface area contributed by atoms with E-state index in [1.165, 1.54) is 43.7 Å². The van der Waals surface area contributed by atoms with Crippen LogP contribution in [0, 0.1) is 0 Å². The molecular formula is C40H28N2. The molecule has 8 rings (SSSR count). The van der Waals surface area contributed by atoms with Crippen LogP contribution in [-0.2, 0) is 0 Å². The van der Waals surface area contributed by atoms with E-state index in [-0.39, 0.29) is 0 Å². The van der Waals surface area contributed by atoms with Crippen molar-refractivity contribution in [3.05, 3.63) is 170 Å². The molecule has 1 heterocycles. The van der Waals surface area contributed by atoms with Gasteiger partial charge in [-0.2, -0.15) is 0 Å². The molecule has 0 saturated heterocycles. The van der Waals surface area contributed by atoms with Crippen LogP contribution in [0.3, 0.4) is 0 Å². The zero-order valence-corrected chi connectivity index (χ0v) is 23.1. The highest BCUT2D eigenvalue weighted by Crippen LogP contribution is 2.43. The van der Waals surface area contributed by atoms with Crippen LogP contribution in [0.4, 0.5) is 17.1 Å². The third kappa shape index (κ3) is 3.96. The molecule has 0 aliphatic carbocycles. The number of rotatable bonds is 5. The molecule has 0 N–H and O–H groups in total. The third-order valence-corrected chi connectivity index (χ3v) is 8.15. The molecule has 2 heteroatoms. The Morgan fingerprint density at radius 1 is 0.429 bits per heavy atom. The van der Waals surface area contributed by atoms with Crippen molar-refractivity contribution in [2.45, 2.75) is 0 Å². The minimum atomic E-state index is 1.12. The third-order valence-electron chi connectivity index (χ3n) is 8.15. The molecule has 0 fully saturated rings. The second-order valence-electron chi connectivity index (χ2n) is 10.6. The largest absolute Gasteiger partial charge is 0.310 e. The molecule has 0 aliphatic heterocycles. The quantitative estimate of drug-likeness (QED) is 0.212. The van der Waals surface area contributed by atoms with Gasteiger partial charge in [-0.3, -0.25) is 0 Å². The molecule has 0 saturated carbocycles. The Bertz CT molecular complexity index is 2170. The summed E-state index contributed by atoms with van der Waals surface area (Å²) in [6.45, 7) is 0. The number of anilines is 3. The van der Waals surface area contributed by atoms with Gasteiger partial charge in [0.2, 0.25) is 0 Å². The van der Waals surface area contributed by atoms with E-state index in [9.17, 15) is 0 Å². The van der Waals surface area contributed by atoms with Gasteiger partial charge in [-0.15, -0.1) is 0 Å². The van der Waals surface area contributed by atoms with E-state index in [0.717, 1.165) is 22.7 Å². The van der Waals surface area contributed by atoms with Gasteiger partial charge in [0.1, 0.15) is 0 Å². The van der Waals surface area contributed by atoms with Crippen molar-refractivity contribution < 1.29 is 0 Å². The SMILES string of the molecule is c1ccc(-c2cccc3c2c2ccc(N(c4ccccc4)c4cccc5ccccc45)cc2n3-c2ccccc2)cc1. The topological polar surface area (TPSA) is 8.17 Å². The fourth-order valence-electron chi connectivity index (χ4n) is 6.32. The van der Waals surface area contributed by atoms with E-state index < -0.39 is 0 Å². The summed E-state index contributed by atoms with van der Waals surface area (Å²) < 4.78 is 2.41. The van der Waals surface area contributed by atoms with Crippen LogP contribution in [-0.4, -0.2) is 4.57 Å². The van der Waals surface area contributed by atoms with Crippen LogP contribution in [0.2, 0.25) is 0 Å². The van der Waals surface area contributed by atoms with E-state index in [1.807, 2.05) is 0 Å². The summed E-state index contributed by atoms with van der Waals surface area (Å²) in [7, 11) is 0. The van der Waals surface area contributed by atoms with Crippen molar-refractivity contribution in [3.8, 4) is 16.8 Å². The van der Waals surface area contributed by atoms with Gasteiger partial charge in [-0.25, -0.2) is 0 Å². The first kappa shape index (κ1) is 24.2. The van der Waals surface area contributed by atoms with E-state index in [1.54, 1.807) is 0 Å². The first-order valence-electron chi connectivity index (χ1n) is 14.4. The molecule has 0 atom stereocenters. The summed E-state index contributed by atoms with van der Waals surface area (Å²) in [5, 5.41) is 4.95. The molecule has 0 amide bonds. The van der Waals surface area contributed by atoms with Gasteiger partial charge in [-0.1, -0.05) is 121 Å². The number of aromatic nitrogens is 1. The Hall–Kier alpha value is -5.60. The minimum Gasteiger partial charge on any atom is -0.310 e. The van der Waals surface area contributed by atoms with Crippen LogP contribution < -0.4 is 4.90 Å². The molecule has 0 aliphatic rings. The normalized spacial score (nSPS) is 11.3. The lowest BCUT2D eigenvalue weighted by Crippen LogP contribution is -2.10. The molecule has 2 nitrogen and oxygen atoms in total. The average Bonchev–Trinajstić information content (AvgIpc) is 3.40. The minimum absolute atomic E-state index is 1.12. The molecule has 0 radical (unpaired) electrons. The van der Waals surface area contributed by atoms with Crippen molar-refractivity contribution in [1.29, 1.82) is 0 Å². The second kappa shape index (κ2) is 10.1. The second-order valence-corrected chi connectivity index (χ2v) is 10.6. The van der Waals surface area contributed by atoms with Crippen molar-refractivity contribution >= 4 is 49.6 Å². The van der Waals surface area contributed by atoms with Gasteiger partial charge in [0.15, 0.2) is 0 Å². The highest BCUT2D eigenvalue weighted by Gasteiger charge is 2.20. The van der Waals surface area contributed by atoms with Crippen LogP contribution in [0.25, 0.3) is 49.4 Å². The summed E-state index contributed by atoms with van der Waals surface area (Å²) in [6.07, 6.45) is 0. The molecule has 1 aromatic heterocycles. The Kier molecular flexibility index (Phi) is 5.82. The predicted molar refractivity (Wildman–Crippen MR) is 178 cm³/mol. The van der Waals surface area contributed by atoms with Gasteiger partial charge in [0, 0.05) is 33.2 Å². The molecule has 0 bridgehead atoms. The van der Waals surface area contributed by atoms with Crippen LogP contribution in [0.15, 0.2) is 170 Å². The summed E-state index contributed by atoms with van der Waals surface area (Å²) in [5.41, 5.74) is 9.40. The molecule has 42 heavy (non-hydrogen) atoms. The maximum absolute atomic E-state index is 2.41. The average molecular weight is 537 g/mol. The number of hydrogen-bond acceptors (Lipinski definition) is 1. The number of nitrogens with zero attached hydrogens (tertiary/aromatic N) is 2. The summed E-state index contributed by atoms with van der Waals surface area (Å²) >= 11 is 0. The zero-order chi connectivity index (χ0) is 27.9. The monoisotopic (exact) mass is 536 g/mol. The summed E-state index contributed by atoms with van der Waals surface area (Å²) in [6, 6.07) is 60.9. The summed E-state index contributed by atoms with van der Waals surface area (Å²) in [5.74, 6) is 0. The van der Waals surface area contributed by atoms with Gasteiger partial charge in [-0.05, 0) is 65.0 Å². The standard InChI is InChI=1S/C40H28N2/c1-4-14-30(15-5-1)35-23-13-25-38-40(35)36-27-26-33(28-39(36)42(38)32-20-8-3-9-21-32)41(31-18-6-2-7-19-31)37-24-12-17-29-16-10-11-22-34(29)37/h1-28H. The first-order valence-corrected chi connectivity index (χ1v) is 14.4. The van der Waals surface area contributed by atoms with E-state index in [4.69, 9.17) is 0 Å². The van der Waals surface area contributed by atoms with Crippen molar-refractivity contribution in [1.82, 2.24) is 4.57 Å². The molecular weight excluding hydrogens is 508 g/mol. The highest BCUT2D eigenvalue weighted by atomic mass is 15.1. The van der Waals surface area contributed by atoms with Crippen LogP contribution >= 0.6 is 0 Å². The lowest BCUT2D eigenvalue weighted by Gasteiger charge is -2.27. The van der Waals surface area contributed by atoms with Gasteiger partial charge in [0.25, 0.3) is 0 Å². The van der Waals surface area contributed by atoms with Gasteiger partial charge in [0.05, 0.1) is 16.7 Å². The molecule has 0 spiro atoms. The molecule has 8 aromatic rings. The van der Waals surface area contributed by atoms with E-state index in [0.29, 0.717) is 0 Å². The Morgan fingerprint density at radius 2 is 1.10 bits per heavy atom. The van der Waals surface area contributed by atoms with Crippen molar-refractivity contribution in [3.63, 3.8) is 0 Å². The van der Waals surface area contributed by atoms with Gasteiger partial charge < -0.3 is 9.47 Å². The molecule has 198 valence electrons. The number of fused-ring (bicyclic) bond motifs is 4. The summed E-state index contributed by atoms with van der Waals surface area (Å²) in [4.78, 5) is 2.38. The maximum atomic E-state index is 2.41. The predicted octanol–water partition coefficient (Wildman–Crippen LogP) is 11.1. The first-order chi connectivity index (χ1) is 20.9. The van der Waals surface area contributed by atoms with Crippen LogP contribution in [0.5, 0.6) is 0 Å². The van der Waals surface area contributed by atoms with Crippen molar-refractivity contribution in [2.75, 3.05) is 4.90 Å². The van der Waals surface area contributed by atoms with E-state index in [2.05, 4.69) is 179 Å². The number of para-hydroxylation sites is 2. The lowest BCUT2D eigenvalue weighted by atomic mass is 9.99. The fourth-order valence-corrected chi connectivity index (χ4v) is 6.32. The Morgan fingerprint density at radius 3 is 1.90 bits per heavy atom. The fraction of sp³-hybridized carbons (Fsp3) is 0. The van der Waals surface area contributed by atoms with E-state index >= 15 is 0 Å². The van der Waals surface area contributed by atoms with Crippen LogP contribution in [0.1, 0.15) is 0 Å². The Labute approximate surface area is 245 Å². The Balaban J connectivity index is 1.45. The molecule has 7 aromatic carbocycles. The lowest BCUT2D eigenvalue weighted by molar-refractivity contribution is 1.18. The zero-order valence-electron chi connectivity index (χ0n) is 23.1. The number of hydrogen-bond donors (Lipinski definition) is 0. The van der Waals surface area contributed by atoms with Gasteiger partial charge >= 0.3 is 0 Å². The van der Waals surface area contributed by atoms with Crippen molar-refractivity contribution in [2.24, 2.45) is 0 Å². The molecule has 0 unspecified atom stereocenters. The number of benzene rings is 7. The smallest absolute Gasteiger partial charge is 0.0562 e.